The molecule has 3 N–H and O–H groups in total. The molecule has 0 aliphatic rings. The fourth-order valence-electron chi connectivity index (χ4n) is 4.15. The predicted molar refractivity (Wildman–Crippen MR) is 127 cm³/mol. The van der Waals surface area contributed by atoms with Crippen molar-refractivity contribution in [1.82, 2.24) is 24.5 Å². The second-order valence-electron chi connectivity index (χ2n) is 7.94. The molecule has 0 aliphatic heterocycles. The van der Waals surface area contributed by atoms with Gasteiger partial charge in [0.2, 0.25) is 0 Å². The van der Waals surface area contributed by atoms with E-state index in [9.17, 15) is 4.79 Å². The molecular formula is C25H24N6O. The number of hydrogen-bond donors (Lipinski definition) is 2. The highest BCUT2D eigenvalue weighted by molar-refractivity contribution is 5.85. The molecule has 0 spiro atoms. The van der Waals surface area contributed by atoms with Gasteiger partial charge in [0.1, 0.15) is 0 Å². The molecule has 32 heavy (non-hydrogen) atoms. The molecule has 3 aromatic heterocycles. The molecule has 160 valence electrons. The maximum atomic E-state index is 13.6. The average Bonchev–Trinajstić information content (AvgIpc) is 3.13. The first-order valence-corrected chi connectivity index (χ1v) is 10.6. The molecule has 0 amide bonds. The number of nitrogens with zero attached hydrogens (tertiary/aromatic N) is 4. The average molecular weight is 425 g/mol. The van der Waals surface area contributed by atoms with Crippen LogP contribution in [-0.2, 0) is 6.54 Å². The second kappa shape index (κ2) is 7.94. The molecular weight excluding hydrogens is 400 g/mol. The van der Waals surface area contributed by atoms with Crippen LogP contribution in [0.1, 0.15) is 29.8 Å². The predicted octanol–water partition coefficient (Wildman–Crippen LogP) is 3.77. The van der Waals surface area contributed by atoms with Crippen molar-refractivity contribution in [2.24, 2.45) is 0 Å². The van der Waals surface area contributed by atoms with Crippen molar-refractivity contribution in [3.63, 3.8) is 0 Å². The number of benzene rings is 2. The second-order valence-corrected chi connectivity index (χ2v) is 7.94. The van der Waals surface area contributed by atoms with Crippen molar-refractivity contribution < 1.29 is 0 Å². The lowest BCUT2D eigenvalue weighted by Gasteiger charge is -2.21. The first-order chi connectivity index (χ1) is 15.5. The lowest BCUT2D eigenvalue weighted by Crippen LogP contribution is -2.28. The number of nitrogen functional groups attached to an aromatic ring is 1. The van der Waals surface area contributed by atoms with Gasteiger partial charge in [0.15, 0.2) is 11.5 Å². The maximum absolute atomic E-state index is 13.6. The Morgan fingerprint density at radius 1 is 1.06 bits per heavy atom. The van der Waals surface area contributed by atoms with Crippen LogP contribution < -0.4 is 16.6 Å². The van der Waals surface area contributed by atoms with E-state index in [1.807, 2.05) is 74.6 Å². The van der Waals surface area contributed by atoms with Gasteiger partial charge in [-0.05, 0) is 55.1 Å². The van der Waals surface area contributed by atoms with E-state index in [0.717, 1.165) is 33.5 Å². The zero-order valence-electron chi connectivity index (χ0n) is 18.0. The smallest absolute Gasteiger partial charge is 0.263 e. The van der Waals surface area contributed by atoms with Gasteiger partial charge in [-0.15, -0.1) is 5.10 Å². The standard InChI is InChI=1S/C25H24N6O/c1-16-8-6-11-19-20(16)14-22(31(25(19)32)18-9-4-3-5-10-18)17(2)28-15-21-23(26)29-30-13-7-12-27-24(21)30/h3-14,17,28H,15H2,1-2H3,(H2,26,29)/t17-/m0/s1. The summed E-state index contributed by atoms with van der Waals surface area (Å²) in [6.45, 7) is 4.55. The normalized spacial score (nSPS) is 12.4. The largest absolute Gasteiger partial charge is 0.382 e. The number of nitrogens with one attached hydrogen (secondary N) is 1. The number of fused-ring (bicyclic) bond motifs is 2. The maximum Gasteiger partial charge on any atom is 0.263 e. The fraction of sp³-hybridized carbons (Fsp3) is 0.160. The van der Waals surface area contributed by atoms with E-state index in [2.05, 4.69) is 21.5 Å². The van der Waals surface area contributed by atoms with E-state index in [1.54, 1.807) is 15.3 Å². The van der Waals surface area contributed by atoms with Crippen LogP contribution in [0.3, 0.4) is 0 Å². The van der Waals surface area contributed by atoms with Crippen LogP contribution in [0.2, 0.25) is 0 Å². The Bertz CT molecular complexity index is 1490. The Kier molecular flexibility index (Phi) is 4.95. The highest BCUT2D eigenvalue weighted by atomic mass is 16.1. The number of rotatable bonds is 5. The molecule has 2 aromatic carbocycles. The van der Waals surface area contributed by atoms with Gasteiger partial charge in [0, 0.05) is 41.7 Å². The van der Waals surface area contributed by atoms with Crippen molar-refractivity contribution in [1.29, 1.82) is 0 Å². The molecule has 0 saturated heterocycles. The molecule has 0 radical (unpaired) electrons. The van der Waals surface area contributed by atoms with Crippen molar-refractivity contribution in [2.75, 3.05) is 5.73 Å². The molecule has 5 aromatic rings. The first kappa shape index (κ1) is 20.0. The van der Waals surface area contributed by atoms with Gasteiger partial charge in [0.25, 0.3) is 5.56 Å². The van der Waals surface area contributed by atoms with Gasteiger partial charge in [0.05, 0.1) is 5.56 Å². The number of nitrogens with two attached hydrogens (primary N) is 1. The Labute approximate surface area is 185 Å². The van der Waals surface area contributed by atoms with Crippen LogP contribution in [-0.4, -0.2) is 19.2 Å². The topological polar surface area (TPSA) is 90.2 Å². The fourth-order valence-corrected chi connectivity index (χ4v) is 4.15. The van der Waals surface area contributed by atoms with Crippen molar-refractivity contribution in [2.45, 2.75) is 26.4 Å². The van der Waals surface area contributed by atoms with Gasteiger partial charge in [-0.1, -0.05) is 30.3 Å². The van der Waals surface area contributed by atoms with Crippen molar-refractivity contribution >= 4 is 22.2 Å². The van der Waals surface area contributed by atoms with Crippen LogP contribution in [0, 0.1) is 6.92 Å². The van der Waals surface area contributed by atoms with Gasteiger partial charge in [-0.3, -0.25) is 9.36 Å². The quantitative estimate of drug-likeness (QED) is 0.448. The highest BCUT2D eigenvalue weighted by Gasteiger charge is 2.18. The lowest BCUT2D eigenvalue weighted by molar-refractivity contribution is 0.550. The molecule has 5 rings (SSSR count). The summed E-state index contributed by atoms with van der Waals surface area (Å²) in [6.07, 6.45) is 3.55. The summed E-state index contributed by atoms with van der Waals surface area (Å²) in [6, 6.07) is 19.4. The Morgan fingerprint density at radius 2 is 1.88 bits per heavy atom. The summed E-state index contributed by atoms with van der Waals surface area (Å²) in [4.78, 5) is 18.0. The Balaban J connectivity index is 1.60. The summed E-state index contributed by atoms with van der Waals surface area (Å²) >= 11 is 0. The van der Waals surface area contributed by atoms with E-state index in [4.69, 9.17) is 5.73 Å². The zero-order valence-corrected chi connectivity index (χ0v) is 18.0. The zero-order chi connectivity index (χ0) is 22.2. The van der Waals surface area contributed by atoms with E-state index >= 15 is 0 Å². The molecule has 0 saturated carbocycles. The number of hydrogen-bond acceptors (Lipinski definition) is 5. The first-order valence-electron chi connectivity index (χ1n) is 10.6. The molecule has 7 heteroatoms. The molecule has 3 heterocycles. The van der Waals surface area contributed by atoms with Gasteiger partial charge < -0.3 is 11.1 Å². The van der Waals surface area contributed by atoms with Gasteiger partial charge in [-0.25, -0.2) is 9.50 Å². The minimum atomic E-state index is -0.134. The number of aromatic nitrogens is 4. The van der Waals surface area contributed by atoms with Crippen LogP contribution in [0.15, 0.2) is 77.9 Å². The van der Waals surface area contributed by atoms with E-state index < -0.39 is 0 Å². The van der Waals surface area contributed by atoms with E-state index in [1.165, 1.54) is 0 Å². The summed E-state index contributed by atoms with van der Waals surface area (Å²) in [5, 5.41) is 9.53. The van der Waals surface area contributed by atoms with E-state index in [0.29, 0.717) is 17.7 Å². The summed E-state index contributed by atoms with van der Waals surface area (Å²) < 4.78 is 3.47. The third kappa shape index (κ3) is 3.33. The van der Waals surface area contributed by atoms with Gasteiger partial charge in [-0.2, -0.15) is 0 Å². The monoisotopic (exact) mass is 424 g/mol. The number of para-hydroxylation sites is 1. The SMILES string of the molecule is Cc1cccc2c(=O)n(-c3ccccc3)c([C@H](C)NCc3c(N)nn4cccnc34)cc12. The molecule has 0 bridgehead atoms. The molecule has 0 fully saturated rings. The lowest BCUT2D eigenvalue weighted by atomic mass is 10.0. The summed E-state index contributed by atoms with van der Waals surface area (Å²) in [7, 11) is 0. The molecule has 0 unspecified atom stereocenters. The number of anilines is 1. The molecule has 1 atom stereocenters. The van der Waals surface area contributed by atoms with Crippen molar-refractivity contribution in [3.8, 4) is 5.69 Å². The van der Waals surface area contributed by atoms with Crippen LogP contribution in [0.5, 0.6) is 0 Å². The Morgan fingerprint density at radius 3 is 2.69 bits per heavy atom. The number of aryl methyl sites for hydroxylation is 1. The van der Waals surface area contributed by atoms with Gasteiger partial charge >= 0.3 is 0 Å². The molecule has 0 aliphatic carbocycles. The van der Waals surface area contributed by atoms with E-state index in [-0.39, 0.29) is 11.6 Å². The Hall–Kier alpha value is -3.97. The van der Waals surface area contributed by atoms with Crippen LogP contribution in [0.25, 0.3) is 22.1 Å². The third-order valence-electron chi connectivity index (χ3n) is 5.87. The van der Waals surface area contributed by atoms with Crippen LogP contribution >= 0.6 is 0 Å². The highest BCUT2D eigenvalue weighted by Crippen LogP contribution is 2.24. The van der Waals surface area contributed by atoms with Crippen LogP contribution in [0.4, 0.5) is 5.82 Å². The molecule has 7 nitrogen and oxygen atoms in total. The number of pyridine rings is 1. The van der Waals surface area contributed by atoms with Crippen molar-refractivity contribution in [3.05, 3.63) is 100 Å². The minimum absolute atomic E-state index is 0.0294. The summed E-state index contributed by atoms with van der Waals surface area (Å²) in [5.41, 5.74) is 10.5. The minimum Gasteiger partial charge on any atom is -0.382 e. The summed E-state index contributed by atoms with van der Waals surface area (Å²) in [5.74, 6) is 0.443. The third-order valence-corrected chi connectivity index (χ3v) is 5.87.